The fraction of sp³-hybridized carbons (Fsp3) is 0.556. The van der Waals surface area contributed by atoms with E-state index in [4.69, 9.17) is 18.9 Å². The largest absolute Gasteiger partial charge is 0.490 e. The van der Waals surface area contributed by atoms with Crippen LogP contribution in [0.4, 0.5) is 11.6 Å². The minimum Gasteiger partial charge on any atom is -0.490 e. The first-order valence-electron chi connectivity index (χ1n) is 13.5. The number of benzene rings is 1. The first-order valence-corrected chi connectivity index (χ1v) is 13.5. The number of carbonyl (C=O) groups is 1. The summed E-state index contributed by atoms with van der Waals surface area (Å²) in [5.41, 5.74) is 1.98. The third kappa shape index (κ3) is 6.90. The number of fused-ring (bicyclic) bond motifs is 1. The number of rotatable bonds is 14. The molecule has 2 aromatic heterocycles. The Morgan fingerprint density at radius 1 is 1.16 bits per heavy atom. The molecular weight excluding hydrogens is 490 g/mol. The van der Waals surface area contributed by atoms with Gasteiger partial charge in [-0.05, 0) is 57.8 Å². The number of anilines is 1. The van der Waals surface area contributed by atoms with Crippen LogP contribution in [-0.4, -0.2) is 64.7 Å². The predicted octanol–water partition coefficient (Wildman–Crippen LogP) is 5.23. The van der Waals surface area contributed by atoms with Gasteiger partial charge < -0.3 is 23.8 Å². The van der Waals surface area contributed by atoms with Crippen molar-refractivity contribution in [3.63, 3.8) is 0 Å². The SMILES string of the molecule is CCCC(=O)Nc1cc2nc(-c3ccc([N+](=O)[O-])o3)n(CCCOCC)c2cc1OCCN1CCCCC1. The van der Waals surface area contributed by atoms with E-state index in [0.29, 0.717) is 61.3 Å². The zero-order chi connectivity index (χ0) is 26.9. The summed E-state index contributed by atoms with van der Waals surface area (Å²) in [7, 11) is 0. The summed E-state index contributed by atoms with van der Waals surface area (Å²) >= 11 is 0. The van der Waals surface area contributed by atoms with Gasteiger partial charge in [-0.2, -0.15) is 0 Å². The molecule has 3 aromatic rings. The summed E-state index contributed by atoms with van der Waals surface area (Å²) in [6.45, 7) is 9.12. The second-order valence-electron chi connectivity index (χ2n) is 9.42. The highest BCUT2D eigenvalue weighted by Crippen LogP contribution is 2.35. The quantitative estimate of drug-likeness (QED) is 0.172. The molecule has 206 valence electrons. The smallest absolute Gasteiger partial charge is 0.433 e. The maximum atomic E-state index is 12.5. The van der Waals surface area contributed by atoms with E-state index in [1.54, 1.807) is 12.1 Å². The number of hydrogen-bond donors (Lipinski definition) is 1. The highest BCUT2D eigenvalue weighted by Gasteiger charge is 2.22. The van der Waals surface area contributed by atoms with Gasteiger partial charge in [0.2, 0.25) is 5.91 Å². The molecule has 0 bridgehead atoms. The van der Waals surface area contributed by atoms with E-state index in [1.165, 1.54) is 25.3 Å². The molecule has 0 atom stereocenters. The molecular formula is C27H37N5O6. The van der Waals surface area contributed by atoms with Crippen LogP contribution in [0.25, 0.3) is 22.6 Å². The lowest BCUT2D eigenvalue weighted by Gasteiger charge is -2.26. The van der Waals surface area contributed by atoms with Crippen LogP contribution in [0.15, 0.2) is 28.7 Å². The van der Waals surface area contributed by atoms with Gasteiger partial charge in [0.25, 0.3) is 0 Å². The lowest BCUT2D eigenvalue weighted by atomic mass is 10.1. The Morgan fingerprint density at radius 3 is 2.68 bits per heavy atom. The van der Waals surface area contributed by atoms with Crippen LogP contribution in [0, 0.1) is 10.1 Å². The molecule has 1 aliphatic rings. The number of amides is 1. The van der Waals surface area contributed by atoms with Gasteiger partial charge in [0.05, 0.1) is 22.8 Å². The Labute approximate surface area is 222 Å². The number of nitrogens with one attached hydrogen (secondary N) is 1. The number of ether oxygens (including phenoxy) is 2. The number of piperidine rings is 1. The van der Waals surface area contributed by atoms with Crippen LogP contribution in [0.2, 0.25) is 0 Å². The number of aryl methyl sites for hydroxylation is 1. The van der Waals surface area contributed by atoms with Crippen molar-refractivity contribution >= 4 is 28.5 Å². The predicted molar refractivity (Wildman–Crippen MR) is 145 cm³/mol. The number of likely N-dealkylation sites (tertiary alicyclic amines) is 1. The van der Waals surface area contributed by atoms with Gasteiger partial charge >= 0.3 is 5.88 Å². The van der Waals surface area contributed by atoms with Crippen LogP contribution < -0.4 is 10.1 Å². The van der Waals surface area contributed by atoms with Gasteiger partial charge in [-0.25, -0.2) is 4.98 Å². The number of hydrogen-bond acceptors (Lipinski definition) is 8. The molecule has 1 aliphatic heterocycles. The zero-order valence-corrected chi connectivity index (χ0v) is 22.2. The maximum Gasteiger partial charge on any atom is 0.433 e. The summed E-state index contributed by atoms with van der Waals surface area (Å²) in [4.78, 5) is 30.3. The van der Waals surface area contributed by atoms with Gasteiger partial charge in [-0.15, -0.1) is 0 Å². The zero-order valence-electron chi connectivity index (χ0n) is 22.2. The van der Waals surface area contributed by atoms with Crippen LogP contribution >= 0.6 is 0 Å². The molecule has 1 fully saturated rings. The number of aromatic nitrogens is 2. The van der Waals surface area contributed by atoms with Crippen molar-refractivity contribution < 1.29 is 23.6 Å². The lowest BCUT2D eigenvalue weighted by Crippen LogP contribution is -2.33. The van der Waals surface area contributed by atoms with E-state index in [1.807, 2.05) is 24.5 Å². The molecule has 1 aromatic carbocycles. The van der Waals surface area contributed by atoms with Gasteiger partial charge in [-0.3, -0.25) is 19.8 Å². The Kier molecular flexibility index (Phi) is 9.72. The standard InChI is InChI=1S/C27H37N5O6/c1-3-9-25(33)28-21-18-20-22(19-24(21)37-17-15-30-12-6-5-7-13-30)31(14-8-16-36-4-2)27(29-20)23-10-11-26(38-23)32(34)35/h10-11,18-19H,3-9,12-17H2,1-2H3,(H,28,33). The number of furan rings is 1. The molecule has 11 nitrogen and oxygen atoms in total. The molecule has 0 radical (unpaired) electrons. The molecule has 11 heteroatoms. The van der Waals surface area contributed by atoms with Crippen molar-refractivity contribution in [3.05, 3.63) is 34.4 Å². The second-order valence-corrected chi connectivity index (χ2v) is 9.42. The van der Waals surface area contributed by atoms with Gasteiger partial charge in [0, 0.05) is 38.8 Å². The van der Waals surface area contributed by atoms with Crippen molar-refractivity contribution in [3.8, 4) is 17.3 Å². The van der Waals surface area contributed by atoms with Crippen LogP contribution in [0.3, 0.4) is 0 Å². The molecule has 0 aliphatic carbocycles. The normalized spacial score (nSPS) is 14.2. The topological polar surface area (TPSA) is 125 Å². The Balaban J connectivity index is 1.69. The molecule has 1 saturated heterocycles. The summed E-state index contributed by atoms with van der Waals surface area (Å²) < 4.78 is 19.2. The first kappa shape index (κ1) is 27.6. The van der Waals surface area contributed by atoms with Crippen LogP contribution in [0.1, 0.15) is 52.4 Å². The molecule has 1 N–H and O–H groups in total. The molecule has 38 heavy (non-hydrogen) atoms. The molecule has 0 saturated carbocycles. The summed E-state index contributed by atoms with van der Waals surface area (Å²) in [5, 5.41) is 14.2. The minimum absolute atomic E-state index is 0.0919. The lowest BCUT2D eigenvalue weighted by molar-refractivity contribution is -0.401. The average Bonchev–Trinajstić information content (AvgIpc) is 3.53. The fourth-order valence-electron chi connectivity index (χ4n) is 4.71. The third-order valence-corrected chi connectivity index (χ3v) is 6.58. The van der Waals surface area contributed by atoms with Crippen molar-refractivity contribution in [2.75, 3.05) is 44.8 Å². The number of carbonyl (C=O) groups excluding carboxylic acids is 1. The van der Waals surface area contributed by atoms with Crippen LogP contribution in [-0.2, 0) is 16.1 Å². The van der Waals surface area contributed by atoms with E-state index < -0.39 is 4.92 Å². The minimum atomic E-state index is -0.568. The average molecular weight is 528 g/mol. The number of nitrogens with zero attached hydrogens (tertiary/aromatic N) is 4. The van der Waals surface area contributed by atoms with E-state index in [0.717, 1.165) is 38.0 Å². The highest BCUT2D eigenvalue weighted by molar-refractivity contribution is 5.96. The Bertz CT molecular complexity index is 1230. The molecule has 0 unspecified atom stereocenters. The van der Waals surface area contributed by atoms with Gasteiger partial charge in [-0.1, -0.05) is 13.3 Å². The van der Waals surface area contributed by atoms with Crippen molar-refractivity contribution in [2.24, 2.45) is 0 Å². The summed E-state index contributed by atoms with van der Waals surface area (Å²) in [6, 6.07) is 6.57. The van der Waals surface area contributed by atoms with E-state index in [-0.39, 0.29) is 11.8 Å². The first-order chi connectivity index (χ1) is 18.5. The molecule has 3 heterocycles. The Hall–Kier alpha value is -3.44. The fourth-order valence-corrected chi connectivity index (χ4v) is 4.71. The second kappa shape index (κ2) is 13.4. The monoisotopic (exact) mass is 527 g/mol. The van der Waals surface area contributed by atoms with Crippen molar-refractivity contribution in [1.82, 2.24) is 14.5 Å². The van der Waals surface area contributed by atoms with Gasteiger partial charge in [0.1, 0.15) is 17.3 Å². The van der Waals surface area contributed by atoms with Gasteiger partial charge in [0.15, 0.2) is 11.6 Å². The summed E-state index contributed by atoms with van der Waals surface area (Å²) in [6.07, 6.45) is 5.54. The number of nitro groups is 1. The summed E-state index contributed by atoms with van der Waals surface area (Å²) in [5.74, 6) is 0.907. The maximum absolute atomic E-state index is 12.5. The third-order valence-electron chi connectivity index (χ3n) is 6.58. The molecule has 1 amide bonds. The molecule has 0 spiro atoms. The van der Waals surface area contributed by atoms with Crippen LogP contribution in [0.5, 0.6) is 5.75 Å². The van der Waals surface area contributed by atoms with E-state index in [9.17, 15) is 14.9 Å². The van der Waals surface area contributed by atoms with E-state index >= 15 is 0 Å². The van der Waals surface area contributed by atoms with Crippen molar-refractivity contribution in [1.29, 1.82) is 0 Å². The Morgan fingerprint density at radius 2 is 1.97 bits per heavy atom. The highest BCUT2D eigenvalue weighted by atomic mass is 16.6. The number of imidazole rings is 1. The molecule has 4 rings (SSSR count). The van der Waals surface area contributed by atoms with Crippen molar-refractivity contribution in [2.45, 2.75) is 58.9 Å². The van der Waals surface area contributed by atoms with E-state index in [2.05, 4.69) is 10.2 Å².